The highest BCUT2D eigenvalue weighted by Crippen LogP contribution is 2.26. The number of methoxy groups -OCH3 is 2. The van der Waals surface area contributed by atoms with Crippen molar-refractivity contribution in [3.8, 4) is 17.2 Å². The second kappa shape index (κ2) is 8.47. The molecule has 2 aromatic rings. The van der Waals surface area contributed by atoms with E-state index in [2.05, 4.69) is 4.90 Å². The molecule has 138 valence electrons. The Morgan fingerprint density at radius 2 is 1.54 bits per heavy atom. The second-order valence-electron chi connectivity index (χ2n) is 6.01. The van der Waals surface area contributed by atoms with E-state index in [1.165, 1.54) is 0 Å². The number of hydrogen-bond donors (Lipinski definition) is 0. The third-order valence-electron chi connectivity index (χ3n) is 4.49. The second-order valence-corrected chi connectivity index (χ2v) is 6.01. The van der Waals surface area contributed by atoms with Crippen LogP contribution in [0.1, 0.15) is 0 Å². The summed E-state index contributed by atoms with van der Waals surface area (Å²) in [6, 6.07) is 15.3. The molecule has 0 N–H and O–H groups in total. The zero-order valence-electron chi connectivity index (χ0n) is 15.2. The molecule has 3 rings (SSSR count). The molecular formula is C20H24N2O4. The molecular weight excluding hydrogens is 332 g/mol. The highest BCUT2D eigenvalue weighted by atomic mass is 16.5. The van der Waals surface area contributed by atoms with Gasteiger partial charge in [0.15, 0.2) is 18.1 Å². The zero-order chi connectivity index (χ0) is 18.4. The van der Waals surface area contributed by atoms with Crippen LogP contribution < -0.4 is 19.1 Å². The minimum Gasteiger partial charge on any atom is -0.497 e. The lowest BCUT2D eigenvalue weighted by atomic mass is 10.2. The number of hydrogen-bond acceptors (Lipinski definition) is 5. The van der Waals surface area contributed by atoms with Crippen molar-refractivity contribution in [3.05, 3.63) is 48.5 Å². The summed E-state index contributed by atoms with van der Waals surface area (Å²) in [5.41, 5.74) is 1.14. The predicted octanol–water partition coefficient (Wildman–Crippen LogP) is 2.43. The Morgan fingerprint density at radius 1 is 0.885 bits per heavy atom. The average Bonchev–Trinajstić information content (AvgIpc) is 2.72. The Kier molecular flexibility index (Phi) is 5.84. The van der Waals surface area contributed by atoms with Gasteiger partial charge in [0.2, 0.25) is 0 Å². The van der Waals surface area contributed by atoms with E-state index in [4.69, 9.17) is 14.2 Å². The maximum absolute atomic E-state index is 12.4. The number of amides is 1. The summed E-state index contributed by atoms with van der Waals surface area (Å²) in [4.78, 5) is 16.5. The van der Waals surface area contributed by atoms with Gasteiger partial charge in [-0.25, -0.2) is 0 Å². The van der Waals surface area contributed by atoms with E-state index in [0.717, 1.165) is 24.5 Å². The molecule has 26 heavy (non-hydrogen) atoms. The molecule has 6 heteroatoms. The number of rotatable bonds is 6. The lowest BCUT2D eigenvalue weighted by molar-refractivity contribution is -0.133. The normalized spacial score (nSPS) is 14.1. The van der Waals surface area contributed by atoms with Crippen molar-refractivity contribution in [2.24, 2.45) is 0 Å². The van der Waals surface area contributed by atoms with Crippen molar-refractivity contribution in [2.75, 3.05) is 51.9 Å². The number of anilines is 1. The summed E-state index contributed by atoms with van der Waals surface area (Å²) in [6.07, 6.45) is 0. The Balaban J connectivity index is 1.50. The molecule has 0 spiro atoms. The van der Waals surface area contributed by atoms with E-state index in [0.29, 0.717) is 24.6 Å². The fourth-order valence-corrected chi connectivity index (χ4v) is 2.98. The number of carbonyl (C=O) groups is 1. The van der Waals surface area contributed by atoms with E-state index in [1.54, 1.807) is 20.3 Å². The van der Waals surface area contributed by atoms with Crippen molar-refractivity contribution in [3.63, 3.8) is 0 Å². The van der Waals surface area contributed by atoms with Crippen molar-refractivity contribution in [1.29, 1.82) is 0 Å². The van der Waals surface area contributed by atoms with Gasteiger partial charge < -0.3 is 24.0 Å². The van der Waals surface area contributed by atoms with Crippen molar-refractivity contribution in [1.82, 2.24) is 4.90 Å². The quantitative estimate of drug-likeness (QED) is 0.796. The monoisotopic (exact) mass is 356 g/mol. The van der Waals surface area contributed by atoms with Crippen LogP contribution in [-0.4, -0.2) is 57.8 Å². The molecule has 1 fully saturated rings. The molecule has 0 bridgehead atoms. The zero-order valence-corrected chi connectivity index (χ0v) is 15.2. The molecule has 1 aliphatic rings. The van der Waals surface area contributed by atoms with E-state index >= 15 is 0 Å². The predicted molar refractivity (Wildman–Crippen MR) is 100 cm³/mol. The molecule has 1 amide bonds. The Bertz CT molecular complexity index is 725. The van der Waals surface area contributed by atoms with Gasteiger partial charge in [0.05, 0.1) is 14.2 Å². The molecule has 0 aliphatic carbocycles. The molecule has 0 unspecified atom stereocenters. The van der Waals surface area contributed by atoms with E-state index in [-0.39, 0.29) is 12.5 Å². The van der Waals surface area contributed by atoms with Crippen LogP contribution in [0.3, 0.4) is 0 Å². The number of nitrogens with zero attached hydrogens (tertiary/aromatic N) is 2. The van der Waals surface area contributed by atoms with Crippen LogP contribution in [0.15, 0.2) is 48.5 Å². The molecule has 0 aromatic heterocycles. The largest absolute Gasteiger partial charge is 0.497 e. The number of piperazine rings is 1. The highest BCUT2D eigenvalue weighted by Gasteiger charge is 2.22. The van der Waals surface area contributed by atoms with Crippen LogP contribution in [0.5, 0.6) is 17.2 Å². The third kappa shape index (κ3) is 4.20. The number of carbonyl (C=O) groups excluding carboxylic acids is 1. The molecule has 2 aromatic carbocycles. The highest BCUT2D eigenvalue weighted by molar-refractivity contribution is 5.78. The first kappa shape index (κ1) is 17.9. The van der Waals surface area contributed by atoms with Gasteiger partial charge >= 0.3 is 0 Å². The lowest BCUT2D eigenvalue weighted by Gasteiger charge is -2.36. The SMILES string of the molecule is COc1ccc(N2CCN(C(=O)COc3ccccc3OC)CC2)cc1. The summed E-state index contributed by atoms with van der Waals surface area (Å²) in [5.74, 6) is 2.05. The van der Waals surface area contributed by atoms with Crippen molar-refractivity contribution < 1.29 is 19.0 Å². The summed E-state index contributed by atoms with van der Waals surface area (Å²) in [7, 11) is 3.24. The minimum atomic E-state index is -0.00899. The topological polar surface area (TPSA) is 51.2 Å². The number of benzene rings is 2. The molecule has 1 aliphatic heterocycles. The van der Waals surface area contributed by atoms with Gasteiger partial charge in [-0.3, -0.25) is 4.79 Å². The van der Waals surface area contributed by atoms with Crippen LogP contribution in [0.25, 0.3) is 0 Å². The first-order valence-electron chi connectivity index (χ1n) is 8.64. The van der Waals surface area contributed by atoms with E-state index in [1.807, 2.05) is 47.4 Å². The summed E-state index contributed by atoms with van der Waals surface area (Å²) in [5, 5.41) is 0. The minimum absolute atomic E-state index is 0.00899. The Morgan fingerprint density at radius 3 is 2.15 bits per heavy atom. The smallest absolute Gasteiger partial charge is 0.260 e. The number of ether oxygens (including phenoxy) is 3. The van der Waals surface area contributed by atoms with Gasteiger partial charge in [-0.2, -0.15) is 0 Å². The molecule has 1 saturated heterocycles. The molecule has 0 radical (unpaired) electrons. The fraction of sp³-hybridized carbons (Fsp3) is 0.350. The van der Waals surface area contributed by atoms with Gasteiger partial charge in [0, 0.05) is 31.9 Å². The molecule has 0 atom stereocenters. The maximum Gasteiger partial charge on any atom is 0.260 e. The van der Waals surface area contributed by atoms with Crippen LogP contribution in [0.4, 0.5) is 5.69 Å². The summed E-state index contributed by atoms with van der Waals surface area (Å²) < 4.78 is 16.1. The van der Waals surface area contributed by atoms with Crippen LogP contribution in [0.2, 0.25) is 0 Å². The van der Waals surface area contributed by atoms with Crippen molar-refractivity contribution in [2.45, 2.75) is 0 Å². The maximum atomic E-state index is 12.4. The van der Waals surface area contributed by atoms with Gasteiger partial charge in [0.1, 0.15) is 5.75 Å². The summed E-state index contributed by atoms with van der Waals surface area (Å²) in [6.45, 7) is 2.97. The van der Waals surface area contributed by atoms with Crippen LogP contribution in [0, 0.1) is 0 Å². The van der Waals surface area contributed by atoms with Crippen molar-refractivity contribution >= 4 is 11.6 Å². The van der Waals surface area contributed by atoms with E-state index in [9.17, 15) is 4.79 Å². The molecule has 1 heterocycles. The Labute approximate surface area is 153 Å². The summed E-state index contributed by atoms with van der Waals surface area (Å²) >= 11 is 0. The van der Waals surface area contributed by atoms with Crippen LogP contribution >= 0.6 is 0 Å². The standard InChI is InChI=1S/C20H24N2O4/c1-24-17-9-7-16(8-10-17)21-11-13-22(14-12-21)20(23)15-26-19-6-4-3-5-18(19)25-2/h3-10H,11-15H2,1-2H3. The number of para-hydroxylation sites is 2. The van der Waals surface area contributed by atoms with Gasteiger partial charge in [0.25, 0.3) is 5.91 Å². The van der Waals surface area contributed by atoms with Gasteiger partial charge in [-0.05, 0) is 36.4 Å². The molecule has 6 nitrogen and oxygen atoms in total. The Hall–Kier alpha value is -2.89. The fourth-order valence-electron chi connectivity index (χ4n) is 2.98. The lowest BCUT2D eigenvalue weighted by Crippen LogP contribution is -2.50. The third-order valence-corrected chi connectivity index (χ3v) is 4.49. The average molecular weight is 356 g/mol. The first-order chi connectivity index (χ1) is 12.7. The van der Waals surface area contributed by atoms with Gasteiger partial charge in [-0.1, -0.05) is 12.1 Å². The van der Waals surface area contributed by atoms with E-state index < -0.39 is 0 Å². The first-order valence-corrected chi connectivity index (χ1v) is 8.64. The van der Waals surface area contributed by atoms with Gasteiger partial charge in [-0.15, -0.1) is 0 Å². The van der Waals surface area contributed by atoms with Crippen LogP contribution in [-0.2, 0) is 4.79 Å². The molecule has 0 saturated carbocycles.